The molecule has 0 fully saturated rings. The Balaban J connectivity index is 2.01. The minimum Gasteiger partial charge on any atom is -0.495 e. The van der Waals surface area contributed by atoms with Crippen molar-refractivity contribution in [3.8, 4) is 5.75 Å². The van der Waals surface area contributed by atoms with E-state index in [9.17, 15) is 14.9 Å². The van der Waals surface area contributed by atoms with Crippen LogP contribution in [0, 0.1) is 10.1 Å². The maximum atomic E-state index is 12.1. The zero-order chi connectivity index (χ0) is 18.6. The topological polar surface area (TPSA) is 120 Å². The Kier molecular flexibility index (Phi) is 5.35. The van der Waals surface area contributed by atoms with Crippen LogP contribution in [0.1, 0.15) is 38.9 Å². The summed E-state index contributed by atoms with van der Waals surface area (Å²) in [7, 11) is 1.42. The van der Waals surface area contributed by atoms with Crippen molar-refractivity contribution in [1.29, 1.82) is 0 Å². The van der Waals surface area contributed by atoms with Gasteiger partial charge >= 0.3 is 0 Å². The van der Waals surface area contributed by atoms with Gasteiger partial charge in [-0.15, -0.1) is 0 Å². The fraction of sp³-hybridized carbons (Fsp3) is 0.438. The number of hydrogen-bond donors (Lipinski definition) is 1. The number of hydrogen-bond acceptors (Lipinski definition) is 7. The molecule has 2 aromatic rings. The van der Waals surface area contributed by atoms with Crippen LogP contribution in [0.2, 0.25) is 0 Å². The first-order valence-electron chi connectivity index (χ1n) is 7.66. The van der Waals surface area contributed by atoms with Gasteiger partial charge in [0.1, 0.15) is 5.75 Å². The highest BCUT2D eigenvalue weighted by atomic mass is 16.6. The van der Waals surface area contributed by atoms with Gasteiger partial charge in [0.15, 0.2) is 5.82 Å². The number of aromatic nitrogens is 2. The van der Waals surface area contributed by atoms with Gasteiger partial charge < -0.3 is 14.6 Å². The van der Waals surface area contributed by atoms with Crippen molar-refractivity contribution in [3.05, 3.63) is 40.0 Å². The summed E-state index contributed by atoms with van der Waals surface area (Å²) >= 11 is 0. The summed E-state index contributed by atoms with van der Waals surface area (Å²) in [5.41, 5.74) is -0.134. The van der Waals surface area contributed by atoms with Gasteiger partial charge in [0.05, 0.1) is 17.7 Å². The number of benzene rings is 1. The Morgan fingerprint density at radius 1 is 1.40 bits per heavy atom. The van der Waals surface area contributed by atoms with E-state index in [1.165, 1.54) is 25.3 Å². The zero-order valence-electron chi connectivity index (χ0n) is 14.5. The molecule has 1 N–H and O–H groups in total. The minimum atomic E-state index is -0.540. The van der Waals surface area contributed by atoms with E-state index in [0.29, 0.717) is 17.5 Å². The first-order valence-corrected chi connectivity index (χ1v) is 7.66. The molecule has 0 atom stereocenters. The molecule has 1 aromatic heterocycles. The first-order chi connectivity index (χ1) is 11.7. The number of carbonyl (C=O) groups is 1. The van der Waals surface area contributed by atoms with Crippen molar-refractivity contribution in [2.75, 3.05) is 12.4 Å². The molecule has 0 radical (unpaired) electrons. The lowest BCUT2D eigenvalue weighted by molar-refractivity contribution is -0.384. The van der Waals surface area contributed by atoms with Gasteiger partial charge in [0.25, 0.3) is 5.69 Å². The van der Waals surface area contributed by atoms with Gasteiger partial charge in [-0.3, -0.25) is 14.9 Å². The number of rotatable bonds is 6. The number of ether oxygens (including phenoxy) is 1. The Morgan fingerprint density at radius 3 is 2.68 bits per heavy atom. The van der Waals surface area contributed by atoms with Crippen LogP contribution in [-0.2, 0) is 16.6 Å². The first kappa shape index (κ1) is 18.4. The Morgan fingerprint density at radius 2 is 2.12 bits per heavy atom. The molecule has 2 rings (SSSR count). The van der Waals surface area contributed by atoms with Crippen molar-refractivity contribution in [2.24, 2.45) is 0 Å². The predicted octanol–water partition coefficient (Wildman–Crippen LogP) is 2.86. The third-order valence-corrected chi connectivity index (χ3v) is 3.37. The monoisotopic (exact) mass is 348 g/mol. The number of nitrogens with one attached hydrogen (secondary N) is 1. The Labute approximate surface area is 144 Å². The Hall–Kier alpha value is -2.97. The maximum absolute atomic E-state index is 12.1. The normalized spacial score (nSPS) is 11.2. The van der Waals surface area contributed by atoms with Crippen LogP contribution >= 0.6 is 0 Å². The highest BCUT2D eigenvalue weighted by Crippen LogP contribution is 2.29. The number of methoxy groups -OCH3 is 1. The van der Waals surface area contributed by atoms with E-state index in [-0.39, 0.29) is 35.5 Å². The summed E-state index contributed by atoms with van der Waals surface area (Å²) in [5, 5.41) is 17.4. The number of nitro benzene ring substituents is 1. The van der Waals surface area contributed by atoms with E-state index in [1.807, 2.05) is 20.8 Å². The third kappa shape index (κ3) is 4.75. The molecular weight excluding hydrogens is 328 g/mol. The average Bonchev–Trinajstić information content (AvgIpc) is 3.02. The lowest BCUT2D eigenvalue weighted by Gasteiger charge is -2.11. The fourth-order valence-corrected chi connectivity index (χ4v) is 2.00. The van der Waals surface area contributed by atoms with Crippen LogP contribution in [0.25, 0.3) is 0 Å². The molecule has 9 heteroatoms. The molecule has 25 heavy (non-hydrogen) atoms. The van der Waals surface area contributed by atoms with Crippen LogP contribution < -0.4 is 10.1 Å². The summed E-state index contributed by atoms with van der Waals surface area (Å²) in [5.74, 6) is 0.940. The van der Waals surface area contributed by atoms with Gasteiger partial charge in [-0.1, -0.05) is 25.9 Å². The molecule has 0 aliphatic rings. The number of nitrogens with zero attached hydrogens (tertiary/aromatic N) is 3. The summed E-state index contributed by atoms with van der Waals surface area (Å²) in [6.07, 6.45) is 0.365. The third-order valence-electron chi connectivity index (χ3n) is 3.37. The molecule has 0 aliphatic heterocycles. The molecule has 9 nitrogen and oxygen atoms in total. The molecule has 1 aromatic carbocycles. The van der Waals surface area contributed by atoms with E-state index in [0.717, 1.165) is 0 Å². The van der Waals surface area contributed by atoms with E-state index in [1.54, 1.807) is 0 Å². The van der Waals surface area contributed by atoms with Crippen LogP contribution in [-0.4, -0.2) is 28.1 Å². The summed E-state index contributed by atoms with van der Waals surface area (Å²) in [6.45, 7) is 5.88. The predicted molar refractivity (Wildman–Crippen MR) is 89.6 cm³/mol. The highest BCUT2D eigenvalue weighted by molar-refractivity contribution is 5.92. The molecule has 0 spiro atoms. The van der Waals surface area contributed by atoms with E-state index < -0.39 is 4.92 Å². The van der Waals surface area contributed by atoms with Gasteiger partial charge in [-0.05, 0) is 6.07 Å². The molecule has 134 valence electrons. The largest absolute Gasteiger partial charge is 0.495 e. The van der Waals surface area contributed by atoms with Crippen molar-refractivity contribution in [2.45, 2.75) is 39.0 Å². The number of non-ortho nitro benzene ring substituents is 1. The second-order valence-electron chi connectivity index (χ2n) is 6.45. The molecule has 0 saturated carbocycles. The van der Waals surface area contributed by atoms with Crippen molar-refractivity contribution in [1.82, 2.24) is 10.1 Å². The van der Waals surface area contributed by atoms with E-state index in [2.05, 4.69) is 15.5 Å². The van der Waals surface area contributed by atoms with Crippen molar-refractivity contribution < 1.29 is 19.0 Å². The molecule has 1 amide bonds. The number of nitro groups is 1. The highest BCUT2D eigenvalue weighted by Gasteiger charge is 2.21. The number of aryl methyl sites for hydroxylation is 1. The van der Waals surface area contributed by atoms with Gasteiger partial charge in [0.2, 0.25) is 11.8 Å². The number of amides is 1. The molecule has 0 unspecified atom stereocenters. The van der Waals surface area contributed by atoms with Crippen molar-refractivity contribution >= 4 is 17.3 Å². The zero-order valence-corrected chi connectivity index (χ0v) is 14.5. The lowest BCUT2D eigenvalue weighted by atomic mass is 9.96. The summed E-state index contributed by atoms with van der Waals surface area (Å²) < 4.78 is 10.2. The van der Waals surface area contributed by atoms with Gasteiger partial charge in [0, 0.05) is 30.4 Å². The minimum absolute atomic E-state index is 0.0949. The van der Waals surface area contributed by atoms with Gasteiger partial charge in [-0.2, -0.15) is 4.98 Å². The molecule has 1 heterocycles. The van der Waals surface area contributed by atoms with Crippen LogP contribution in [0.3, 0.4) is 0 Å². The maximum Gasteiger partial charge on any atom is 0.271 e. The lowest BCUT2D eigenvalue weighted by Crippen LogP contribution is -2.14. The smallest absolute Gasteiger partial charge is 0.271 e. The average molecular weight is 348 g/mol. The van der Waals surface area contributed by atoms with E-state index >= 15 is 0 Å². The standard InChI is InChI=1S/C16H20N4O5/c1-16(2,3)15-18-14(25-19-15)8-7-13(21)17-11-9-10(20(22)23)5-6-12(11)24-4/h5-6,9H,7-8H2,1-4H3,(H,17,21). The molecular formula is C16H20N4O5. The quantitative estimate of drug-likeness (QED) is 0.629. The van der Waals surface area contributed by atoms with Gasteiger partial charge in [-0.25, -0.2) is 0 Å². The van der Waals surface area contributed by atoms with Crippen molar-refractivity contribution in [3.63, 3.8) is 0 Å². The Bertz CT molecular complexity index is 779. The van der Waals surface area contributed by atoms with Crippen LogP contribution in [0.15, 0.2) is 22.7 Å². The number of anilines is 1. The fourth-order valence-electron chi connectivity index (χ4n) is 2.00. The molecule has 0 saturated heterocycles. The molecule has 0 bridgehead atoms. The van der Waals surface area contributed by atoms with Crippen LogP contribution in [0.5, 0.6) is 5.75 Å². The second-order valence-corrected chi connectivity index (χ2v) is 6.45. The summed E-state index contributed by atoms with van der Waals surface area (Å²) in [6, 6.07) is 3.99. The van der Waals surface area contributed by atoms with E-state index in [4.69, 9.17) is 9.26 Å². The summed E-state index contributed by atoms with van der Waals surface area (Å²) in [4.78, 5) is 26.7. The van der Waals surface area contributed by atoms with Crippen LogP contribution in [0.4, 0.5) is 11.4 Å². The SMILES string of the molecule is COc1ccc([N+](=O)[O-])cc1NC(=O)CCc1nc(C(C)(C)C)no1. The number of carbonyl (C=O) groups excluding carboxylic acids is 1. The second kappa shape index (κ2) is 7.29. The molecule has 0 aliphatic carbocycles.